The molecule has 0 aliphatic rings. The number of carboxylic acids is 1. The molecule has 0 spiro atoms. The minimum atomic E-state index is -8.31. The molecule has 0 aromatic rings. The number of carbonyl (C=O) groups is 3. The van der Waals surface area contributed by atoms with E-state index in [2.05, 4.69) is 9.47 Å². The van der Waals surface area contributed by atoms with Gasteiger partial charge in [-0.25, -0.2) is 0 Å². The molecule has 60 heavy (non-hydrogen) atoms. The van der Waals surface area contributed by atoms with Crippen LogP contribution in [-0.2, 0) is 23.9 Å². The molecule has 0 aromatic carbocycles. The van der Waals surface area contributed by atoms with Gasteiger partial charge in [-0.05, 0) is 0 Å². The Bertz CT molecular complexity index is 1510. The third-order valence-corrected chi connectivity index (χ3v) is 7.66. The van der Waals surface area contributed by atoms with Crippen LogP contribution < -0.4 is 10.4 Å². The minimum absolute atomic E-state index is 0.545. The molecule has 0 heterocycles. The fraction of sp³-hybridized carbons (Fsp3) is 0.885. The number of likely N-dealkylation sites (N-methyl/N-ethyl adjacent to an activating group) is 1. The first-order chi connectivity index (χ1) is 26.0. The van der Waals surface area contributed by atoms with Crippen LogP contribution in [0.15, 0.2) is 0 Å². The predicted octanol–water partition coefficient (Wildman–Crippen LogP) is 6.51. The van der Waals surface area contributed by atoms with Crippen molar-refractivity contribution in [3.05, 3.63) is 0 Å². The Kier molecular flexibility index (Phi) is 16.3. The van der Waals surface area contributed by atoms with E-state index >= 15 is 0 Å². The molecule has 356 valence electrons. The number of quaternary nitrogens is 1. The summed E-state index contributed by atoms with van der Waals surface area (Å²) in [5, 5.41) is 12.7. The van der Waals surface area contributed by atoms with E-state index in [1.807, 2.05) is 5.32 Å². The fourth-order valence-electron chi connectivity index (χ4n) is 4.03. The van der Waals surface area contributed by atoms with Gasteiger partial charge in [-0.3, -0.25) is 14.9 Å². The summed E-state index contributed by atoms with van der Waals surface area (Å²) in [6.45, 7) is -7.13. The van der Waals surface area contributed by atoms with Crippen LogP contribution >= 0.6 is 0 Å². The van der Waals surface area contributed by atoms with Crippen molar-refractivity contribution < 1.29 is 148 Å². The fourth-order valence-corrected chi connectivity index (χ4v) is 4.03. The summed E-state index contributed by atoms with van der Waals surface area (Å²) >= 11 is 0. The number of hydrogen-bond donors (Lipinski definition) is 1. The zero-order chi connectivity index (χ0) is 48.6. The Morgan fingerprint density at radius 2 is 0.833 bits per heavy atom. The minimum Gasteiger partial charge on any atom is -0.544 e. The summed E-state index contributed by atoms with van der Waals surface area (Å²) in [5.74, 6) is -84.9. The molecule has 0 aromatic heterocycles. The van der Waals surface area contributed by atoms with E-state index < -0.39 is 152 Å². The molecule has 8 nitrogen and oxygen atoms in total. The number of hydrogen-bond acceptors (Lipinski definition) is 7. The molecule has 34 heteroatoms. The van der Waals surface area contributed by atoms with Crippen LogP contribution in [0.4, 0.5) is 114 Å². The van der Waals surface area contributed by atoms with E-state index in [1.165, 1.54) is 0 Å². The van der Waals surface area contributed by atoms with Crippen molar-refractivity contribution in [2.24, 2.45) is 0 Å². The molecule has 0 saturated carbocycles. The Hall–Kier alpha value is -3.49. The number of rotatable bonds is 23. The maximum absolute atomic E-state index is 14.1. The monoisotopic (exact) mass is 954 g/mol. The van der Waals surface area contributed by atoms with Crippen LogP contribution in [0.1, 0.15) is 19.3 Å². The Morgan fingerprint density at radius 3 is 1.15 bits per heavy atom. The van der Waals surface area contributed by atoms with Crippen molar-refractivity contribution in [1.29, 1.82) is 0 Å². The highest BCUT2D eigenvalue weighted by atomic mass is 19.4. The van der Waals surface area contributed by atoms with E-state index in [0.717, 1.165) is 14.1 Å². The van der Waals surface area contributed by atoms with E-state index in [4.69, 9.17) is 0 Å². The van der Waals surface area contributed by atoms with Gasteiger partial charge in [-0.2, -0.15) is 114 Å². The standard InChI is InChI=1S/C26H24F26N2O6/c1-54(2,10-12(55)56)6-5-53-11(14(58)60-8-4-16(29,30)18(33,34)20(37,38)22(41,42)24(45,46)26(50,51)52)9-13(57)59-7-3-15(27,28)17(31,32)19(35,36)21(39,40)23(43,44)25(47,48)49/h11,53H,3-10H2,1-2H3. The lowest BCUT2D eigenvalue weighted by molar-refractivity contribution is -0.883. The molecule has 0 radical (unpaired) electrons. The van der Waals surface area contributed by atoms with Gasteiger partial charge in [0.2, 0.25) is 0 Å². The third-order valence-electron chi connectivity index (χ3n) is 7.66. The zero-order valence-corrected chi connectivity index (χ0v) is 29.0. The lowest BCUT2D eigenvalue weighted by Gasteiger charge is -2.39. The molecule has 0 aliphatic heterocycles. The maximum Gasteiger partial charge on any atom is 0.460 e. The predicted molar refractivity (Wildman–Crippen MR) is 136 cm³/mol. The Balaban J connectivity index is 6.24. The SMILES string of the molecule is C[N+](C)(CCNC(CC(=O)OCCC(F)(F)C(F)(F)C(F)(F)C(F)(F)C(F)(F)C(F)(F)F)C(=O)OCCC(F)(F)C(F)(F)C(F)(F)C(F)(F)C(F)(F)C(F)(F)F)CC(=O)[O-]. The van der Waals surface area contributed by atoms with Crippen molar-refractivity contribution in [3.63, 3.8) is 0 Å². The quantitative estimate of drug-likeness (QED) is 0.0709. The largest absolute Gasteiger partial charge is 0.544 e. The van der Waals surface area contributed by atoms with E-state index in [1.54, 1.807) is 0 Å². The number of halogens is 26. The highest BCUT2D eigenvalue weighted by molar-refractivity contribution is 5.82. The van der Waals surface area contributed by atoms with Gasteiger partial charge >= 0.3 is 83.5 Å². The molecule has 0 rings (SSSR count). The number of aliphatic carboxylic acids is 1. The van der Waals surface area contributed by atoms with Crippen LogP contribution in [0.2, 0.25) is 0 Å². The second-order valence-corrected chi connectivity index (χ2v) is 12.8. The van der Waals surface area contributed by atoms with E-state index in [-0.39, 0.29) is 0 Å². The van der Waals surface area contributed by atoms with E-state index in [0.29, 0.717) is 0 Å². The van der Waals surface area contributed by atoms with Gasteiger partial charge in [-0.15, -0.1) is 0 Å². The molecule has 0 fully saturated rings. The highest BCUT2D eigenvalue weighted by Crippen LogP contribution is 2.62. The normalized spacial score (nSPS) is 15.8. The number of carboxylic acid groups (broad SMARTS) is 1. The molecule has 1 atom stereocenters. The molecule has 0 aliphatic carbocycles. The van der Waals surface area contributed by atoms with Gasteiger partial charge < -0.3 is 23.9 Å². The van der Waals surface area contributed by atoms with Crippen molar-refractivity contribution in [1.82, 2.24) is 5.32 Å². The number of nitrogens with one attached hydrogen (secondary N) is 1. The van der Waals surface area contributed by atoms with Crippen LogP contribution in [0.25, 0.3) is 0 Å². The number of ether oxygens (including phenoxy) is 2. The number of nitrogens with zero attached hydrogens (tertiary/aromatic N) is 1. The molecule has 0 saturated heterocycles. The zero-order valence-electron chi connectivity index (χ0n) is 29.0. The molecular weight excluding hydrogens is 930 g/mol. The molecule has 0 bridgehead atoms. The topological polar surface area (TPSA) is 105 Å². The molecule has 0 amide bonds. The van der Waals surface area contributed by atoms with Crippen molar-refractivity contribution in [2.45, 2.75) is 96.9 Å². The second kappa shape index (κ2) is 17.3. The van der Waals surface area contributed by atoms with Crippen LogP contribution in [-0.4, -0.2) is 147 Å². The molecular formula is C26H24F26N2O6. The number of esters is 2. The first-order valence-electron chi connectivity index (χ1n) is 15.0. The summed E-state index contributed by atoms with van der Waals surface area (Å²) < 4.78 is 352. The van der Waals surface area contributed by atoms with Gasteiger partial charge in [-0.1, -0.05) is 0 Å². The van der Waals surface area contributed by atoms with Gasteiger partial charge in [0, 0.05) is 6.54 Å². The average Bonchev–Trinajstić information content (AvgIpc) is 3.01. The first kappa shape index (κ1) is 56.5. The Morgan fingerprint density at radius 1 is 0.517 bits per heavy atom. The van der Waals surface area contributed by atoms with Crippen molar-refractivity contribution in [3.8, 4) is 0 Å². The van der Waals surface area contributed by atoms with E-state index in [9.17, 15) is 134 Å². The van der Waals surface area contributed by atoms with Gasteiger partial charge in [0.25, 0.3) is 0 Å². The lowest BCUT2D eigenvalue weighted by Crippen LogP contribution is -2.70. The Labute approximate surface area is 315 Å². The lowest BCUT2D eigenvalue weighted by atomic mass is 9.93. The second-order valence-electron chi connectivity index (χ2n) is 12.8. The van der Waals surface area contributed by atoms with Gasteiger partial charge in [0.15, 0.2) is 0 Å². The summed E-state index contributed by atoms with van der Waals surface area (Å²) in [5.41, 5.74) is 0. The summed E-state index contributed by atoms with van der Waals surface area (Å²) in [7, 11) is 2.18. The first-order valence-corrected chi connectivity index (χ1v) is 15.0. The van der Waals surface area contributed by atoms with Crippen LogP contribution in [0.3, 0.4) is 0 Å². The number of alkyl halides is 26. The maximum atomic E-state index is 14.1. The van der Waals surface area contributed by atoms with Crippen molar-refractivity contribution >= 4 is 17.9 Å². The molecule has 1 unspecified atom stereocenters. The van der Waals surface area contributed by atoms with Gasteiger partial charge in [0.1, 0.15) is 12.6 Å². The third kappa shape index (κ3) is 10.7. The van der Waals surface area contributed by atoms with Crippen LogP contribution in [0, 0.1) is 0 Å². The molecule has 1 N–H and O–H groups in total. The highest BCUT2D eigenvalue weighted by Gasteiger charge is 2.92. The summed E-state index contributed by atoms with van der Waals surface area (Å²) in [6.07, 6.45) is -23.7. The number of carbonyl (C=O) groups excluding carboxylic acids is 3. The summed E-state index contributed by atoms with van der Waals surface area (Å²) in [4.78, 5) is 35.4. The smallest absolute Gasteiger partial charge is 0.460 e. The summed E-state index contributed by atoms with van der Waals surface area (Å²) in [6, 6.07) is -2.61. The van der Waals surface area contributed by atoms with Crippen LogP contribution in [0.5, 0.6) is 0 Å². The van der Waals surface area contributed by atoms with Gasteiger partial charge in [0.05, 0.1) is 59.1 Å². The average molecular weight is 954 g/mol. The van der Waals surface area contributed by atoms with Crippen molar-refractivity contribution in [2.75, 3.05) is 46.9 Å².